The van der Waals surface area contributed by atoms with Crippen LogP contribution in [0.25, 0.3) is 0 Å². The molecule has 1 saturated heterocycles. The van der Waals surface area contributed by atoms with Crippen LogP contribution in [0.4, 0.5) is 0 Å². The van der Waals surface area contributed by atoms with E-state index in [4.69, 9.17) is 10.9 Å². The summed E-state index contributed by atoms with van der Waals surface area (Å²) in [5.74, 6) is 0.195. The van der Waals surface area contributed by atoms with E-state index < -0.39 is 0 Å². The van der Waals surface area contributed by atoms with Gasteiger partial charge in [0.25, 0.3) is 0 Å². The van der Waals surface area contributed by atoms with Gasteiger partial charge in [-0.05, 0) is 39.0 Å². The van der Waals surface area contributed by atoms with Crippen LogP contribution < -0.4 is 5.73 Å². The summed E-state index contributed by atoms with van der Waals surface area (Å²) in [5.41, 5.74) is 6.98. The summed E-state index contributed by atoms with van der Waals surface area (Å²) in [6.07, 6.45) is 2.53. The number of nitrogens with zero attached hydrogens (tertiary/aromatic N) is 3. The van der Waals surface area contributed by atoms with Crippen LogP contribution in [0, 0.1) is 0 Å². The first-order valence-corrected chi connectivity index (χ1v) is 7.53. The summed E-state index contributed by atoms with van der Waals surface area (Å²) in [5, 5.41) is 12.3. The van der Waals surface area contributed by atoms with Gasteiger partial charge in [0.15, 0.2) is 0 Å². The fraction of sp³-hybridized carbons (Fsp3) is 0.562. The van der Waals surface area contributed by atoms with Crippen LogP contribution in [0.2, 0.25) is 0 Å². The number of nitrogens with two attached hydrogens (primary N) is 1. The fourth-order valence-electron chi connectivity index (χ4n) is 3.08. The standard InChI is InChI=1S/C16H26N4O/c1-19(11-14-9-6-10-20(14)2)12-15(16(17)18-21)13-7-4-3-5-8-13/h3-5,7-8,14-15,21H,6,9-12H2,1-2H3,(H2,17,18). The van der Waals surface area contributed by atoms with E-state index >= 15 is 0 Å². The van der Waals surface area contributed by atoms with Crippen LogP contribution >= 0.6 is 0 Å². The summed E-state index contributed by atoms with van der Waals surface area (Å²) in [4.78, 5) is 4.69. The molecule has 0 aromatic heterocycles. The molecule has 21 heavy (non-hydrogen) atoms. The van der Waals surface area contributed by atoms with Crippen LogP contribution in [-0.4, -0.2) is 60.6 Å². The Bertz CT molecular complexity index is 463. The lowest BCUT2D eigenvalue weighted by molar-refractivity contribution is 0.218. The van der Waals surface area contributed by atoms with E-state index in [1.54, 1.807) is 0 Å². The second-order valence-electron chi connectivity index (χ2n) is 5.99. The van der Waals surface area contributed by atoms with Crippen LogP contribution in [0.1, 0.15) is 24.3 Å². The third kappa shape index (κ3) is 4.19. The van der Waals surface area contributed by atoms with Crippen molar-refractivity contribution in [3.63, 3.8) is 0 Å². The smallest absolute Gasteiger partial charge is 0.147 e. The molecule has 1 aliphatic rings. The molecule has 1 aromatic rings. The van der Waals surface area contributed by atoms with E-state index in [1.165, 1.54) is 19.4 Å². The van der Waals surface area contributed by atoms with E-state index in [-0.39, 0.29) is 11.8 Å². The molecule has 116 valence electrons. The van der Waals surface area contributed by atoms with E-state index in [0.717, 1.165) is 18.7 Å². The summed E-state index contributed by atoms with van der Waals surface area (Å²) in [6, 6.07) is 10.6. The van der Waals surface area contributed by atoms with Gasteiger partial charge in [-0.25, -0.2) is 0 Å². The second kappa shape index (κ2) is 7.43. The zero-order valence-electron chi connectivity index (χ0n) is 12.9. The van der Waals surface area contributed by atoms with Crippen LogP contribution in [0.5, 0.6) is 0 Å². The summed E-state index contributed by atoms with van der Waals surface area (Å²) < 4.78 is 0. The number of likely N-dealkylation sites (tertiary alicyclic amines) is 1. The Hall–Kier alpha value is -1.59. The molecular formula is C16H26N4O. The number of benzene rings is 1. The van der Waals surface area contributed by atoms with Gasteiger partial charge in [0.05, 0.1) is 5.92 Å². The maximum atomic E-state index is 9.04. The average Bonchev–Trinajstić information content (AvgIpc) is 2.90. The third-order valence-corrected chi connectivity index (χ3v) is 4.36. The van der Waals surface area contributed by atoms with Gasteiger partial charge in [-0.3, -0.25) is 0 Å². The van der Waals surface area contributed by atoms with Crippen molar-refractivity contribution in [3.8, 4) is 0 Å². The number of hydrogen-bond donors (Lipinski definition) is 2. The molecule has 1 fully saturated rings. The molecule has 0 spiro atoms. The number of hydrogen-bond acceptors (Lipinski definition) is 4. The quantitative estimate of drug-likeness (QED) is 0.361. The highest BCUT2D eigenvalue weighted by atomic mass is 16.4. The van der Waals surface area contributed by atoms with Gasteiger partial charge in [0.1, 0.15) is 5.84 Å². The predicted octanol–water partition coefficient (Wildman–Crippen LogP) is 1.54. The van der Waals surface area contributed by atoms with Crippen molar-refractivity contribution in [1.29, 1.82) is 0 Å². The molecule has 1 aliphatic heterocycles. The van der Waals surface area contributed by atoms with Crippen LogP contribution in [0.3, 0.4) is 0 Å². The second-order valence-corrected chi connectivity index (χ2v) is 5.99. The van der Waals surface area contributed by atoms with Gasteiger partial charge in [-0.2, -0.15) is 0 Å². The van der Waals surface area contributed by atoms with Crippen molar-refractivity contribution >= 4 is 5.84 Å². The van der Waals surface area contributed by atoms with Crippen molar-refractivity contribution in [2.75, 3.05) is 33.7 Å². The Kier molecular flexibility index (Phi) is 5.59. The normalized spacial score (nSPS) is 21.9. The summed E-state index contributed by atoms with van der Waals surface area (Å²) in [6.45, 7) is 2.95. The molecule has 1 heterocycles. The third-order valence-electron chi connectivity index (χ3n) is 4.36. The predicted molar refractivity (Wildman–Crippen MR) is 85.7 cm³/mol. The van der Waals surface area contributed by atoms with E-state index in [9.17, 15) is 0 Å². The number of rotatable bonds is 6. The highest BCUT2D eigenvalue weighted by Crippen LogP contribution is 2.19. The zero-order chi connectivity index (χ0) is 15.2. The molecule has 0 bridgehead atoms. The molecule has 2 unspecified atom stereocenters. The molecule has 0 radical (unpaired) electrons. The van der Waals surface area contributed by atoms with Crippen molar-refractivity contribution in [1.82, 2.24) is 9.80 Å². The lowest BCUT2D eigenvalue weighted by atomic mass is 9.97. The van der Waals surface area contributed by atoms with E-state index in [2.05, 4.69) is 29.1 Å². The molecule has 5 heteroatoms. The van der Waals surface area contributed by atoms with Gasteiger partial charge < -0.3 is 20.7 Å². The van der Waals surface area contributed by atoms with Crippen LogP contribution in [0.15, 0.2) is 35.5 Å². The van der Waals surface area contributed by atoms with Crippen molar-refractivity contribution < 1.29 is 5.21 Å². The highest BCUT2D eigenvalue weighted by molar-refractivity contribution is 5.87. The molecule has 5 nitrogen and oxygen atoms in total. The maximum Gasteiger partial charge on any atom is 0.147 e. The number of oxime groups is 1. The lowest BCUT2D eigenvalue weighted by Crippen LogP contribution is -2.40. The van der Waals surface area contributed by atoms with Gasteiger partial charge in [-0.1, -0.05) is 35.5 Å². The molecule has 0 saturated carbocycles. The Morgan fingerprint density at radius 2 is 2.19 bits per heavy atom. The van der Waals surface area contributed by atoms with Gasteiger partial charge in [0, 0.05) is 19.1 Å². The molecule has 1 aromatic carbocycles. The first-order chi connectivity index (χ1) is 10.1. The minimum atomic E-state index is -0.0760. The van der Waals surface area contributed by atoms with Gasteiger partial charge >= 0.3 is 0 Å². The van der Waals surface area contributed by atoms with Crippen molar-refractivity contribution in [3.05, 3.63) is 35.9 Å². The number of likely N-dealkylation sites (N-methyl/N-ethyl adjacent to an activating group) is 2. The minimum Gasteiger partial charge on any atom is -0.409 e. The molecule has 0 aliphatic carbocycles. The lowest BCUT2D eigenvalue weighted by Gasteiger charge is -2.28. The first kappa shape index (κ1) is 15.8. The largest absolute Gasteiger partial charge is 0.409 e. The molecule has 2 rings (SSSR count). The Morgan fingerprint density at radius 1 is 1.48 bits per heavy atom. The molecule has 3 N–H and O–H groups in total. The van der Waals surface area contributed by atoms with Gasteiger partial charge in [-0.15, -0.1) is 0 Å². The van der Waals surface area contributed by atoms with Crippen molar-refractivity contribution in [2.45, 2.75) is 24.8 Å². The molecule has 0 amide bonds. The zero-order valence-corrected chi connectivity index (χ0v) is 12.9. The maximum absolute atomic E-state index is 9.04. The van der Waals surface area contributed by atoms with Gasteiger partial charge in [0.2, 0.25) is 0 Å². The van der Waals surface area contributed by atoms with E-state index in [1.807, 2.05) is 30.3 Å². The minimum absolute atomic E-state index is 0.0760. The Morgan fingerprint density at radius 3 is 2.76 bits per heavy atom. The van der Waals surface area contributed by atoms with E-state index in [0.29, 0.717) is 6.04 Å². The molecule has 2 atom stereocenters. The summed E-state index contributed by atoms with van der Waals surface area (Å²) in [7, 11) is 4.29. The fourth-order valence-corrected chi connectivity index (χ4v) is 3.08. The molecular weight excluding hydrogens is 264 g/mol. The van der Waals surface area contributed by atoms with Crippen molar-refractivity contribution in [2.24, 2.45) is 10.9 Å². The monoisotopic (exact) mass is 290 g/mol. The Balaban J connectivity index is 2.01. The summed E-state index contributed by atoms with van der Waals surface area (Å²) >= 11 is 0. The highest BCUT2D eigenvalue weighted by Gasteiger charge is 2.24. The topological polar surface area (TPSA) is 65.1 Å². The Labute approximate surface area is 127 Å². The first-order valence-electron chi connectivity index (χ1n) is 7.53. The SMILES string of the molecule is CN(CC(C(N)=NO)c1ccccc1)CC1CCCN1C. The van der Waals surface area contributed by atoms with Crippen LogP contribution in [-0.2, 0) is 0 Å². The average molecular weight is 290 g/mol. The number of amidine groups is 1.